The summed E-state index contributed by atoms with van der Waals surface area (Å²) >= 11 is 0. The molecule has 1 unspecified atom stereocenters. The lowest BCUT2D eigenvalue weighted by molar-refractivity contribution is 0.290. The van der Waals surface area contributed by atoms with Crippen LogP contribution in [-0.4, -0.2) is 29.2 Å². The van der Waals surface area contributed by atoms with Crippen LogP contribution < -0.4 is 9.47 Å². The van der Waals surface area contributed by atoms with E-state index in [1.54, 1.807) is 38.5 Å². The van der Waals surface area contributed by atoms with Gasteiger partial charge in [-0.1, -0.05) is 17.7 Å². The minimum absolute atomic E-state index is 0.0232. The van der Waals surface area contributed by atoms with Crippen molar-refractivity contribution in [2.75, 3.05) is 20.8 Å². The maximum Gasteiger partial charge on any atom is 0.296 e. The second-order valence-electron chi connectivity index (χ2n) is 6.19. The Hall–Kier alpha value is -2.05. The molecule has 25 heavy (non-hydrogen) atoms. The molecule has 0 bridgehead atoms. The van der Waals surface area contributed by atoms with Crippen molar-refractivity contribution in [1.29, 1.82) is 0 Å². The van der Waals surface area contributed by atoms with E-state index in [0.29, 0.717) is 11.5 Å². The molecule has 0 saturated carbocycles. The van der Waals surface area contributed by atoms with Gasteiger partial charge in [0.05, 0.1) is 25.7 Å². The molecule has 0 heterocycles. The van der Waals surface area contributed by atoms with Gasteiger partial charge in [-0.05, 0) is 55.2 Å². The molecule has 0 radical (unpaired) electrons. The van der Waals surface area contributed by atoms with E-state index in [-0.39, 0.29) is 17.4 Å². The van der Waals surface area contributed by atoms with Gasteiger partial charge in [-0.25, -0.2) is 0 Å². The Morgan fingerprint density at radius 2 is 1.68 bits per heavy atom. The molecule has 2 aromatic rings. The van der Waals surface area contributed by atoms with Crippen molar-refractivity contribution in [3.63, 3.8) is 0 Å². The maximum absolute atomic E-state index is 12.4. The van der Waals surface area contributed by atoms with E-state index in [2.05, 4.69) is 0 Å². The summed E-state index contributed by atoms with van der Waals surface area (Å²) in [5.74, 6) is 1.36. The number of ether oxygens (including phenoxy) is 2. The number of benzene rings is 2. The first-order chi connectivity index (χ1) is 11.9. The number of hydrogen-bond donors (Lipinski definition) is 0. The smallest absolute Gasteiger partial charge is 0.296 e. The normalized spacial score (nSPS) is 16.5. The van der Waals surface area contributed by atoms with Crippen LogP contribution in [0.15, 0.2) is 41.3 Å². The van der Waals surface area contributed by atoms with Crippen molar-refractivity contribution in [2.45, 2.75) is 30.6 Å². The van der Waals surface area contributed by atoms with E-state index < -0.39 is 10.1 Å². The Kier molecular flexibility index (Phi) is 5.01. The van der Waals surface area contributed by atoms with Crippen molar-refractivity contribution in [3.8, 4) is 11.5 Å². The SMILES string of the molecule is COc1cc2c(cc1OC)C(COS(=O)(=O)c1ccc(C)cc1)CC2. The summed E-state index contributed by atoms with van der Waals surface area (Å²) in [4.78, 5) is 0.184. The first-order valence-electron chi connectivity index (χ1n) is 8.15. The predicted octanol–water partition coefficient (Wildman–Crippen LogP) is 3.45. The summed E-state index contributed by atoms with van der Waals surface area (Å²) in [5, 5.41) is 0. The van der Waals surface area contributed by atoms with Gasteiger partial charge in [-0.2, -0.15) is 8.42 Å². The average Bonchev–Trinajstić information content (AvgIpc) is 3.01. The van der Waals surface area contributed by atoms with E-state index >= 15 is 0 Å². The van der Waals surface area contributed by atoms with E-state index in [9.17, 15) is 8.42 Å². The third-order valence-corrected chi connectivity index (χ3v) is 5.88. The second-order valence-corrected chi connectivity index (χ2v) is 7.81. The number of fused-ring (bicyclic) bond motifs is 1. The molecule has 0 saturated heterocycles. The first kappa shape index (κ1) is 17.8. The van der Waals surface area contributed by atoms with Crippen LogP contribution in [0.3, 0.4) is 0 Å². The maximum atomic E-state index is 12.4. The van der Waals surface area contributed by atoms with Crippen LogP contribution in [0.2, 0.25) is 0 Å². The predicted molar refractivity (Wildman–Crippen MR) is 94.9 cm³/mol. The highest BCUT2D eigenvalue weighted by Gasteiger charge is 2.27. The van der Waals surface area contributed by atoms with Crippen LogP contribution >= 0.6 is 0 Å². The average molecular weight is 362 g/mol. The molecule has 0 N–H and O–H groups in total. The van der Waals surface area contributed by atoms with Crippen LogP contribution in [0, 0.1) is 6.92 Å². The molecule has 1 atom stereocenters. The fraction of sp³-hybridized carbons (Fsp3) is 0.368. The van der Waals surface area contributed by atoms with E-state index in [1.807, 2.05) is 19.1 Å². The Labute approximate surface area is 148 Å². The fourth-order valence-electron chi connectivity index (χ4n) is 3.14. The summed E-state index contributed by atoms with van der Waals surface area (Å²) < 4.78 is 40.7. The molecule has 0 fully saturated rings. The highest BCUT2D eigenvalue weighted by molar-refractivity contribution is 7.86. The Morgan fingerprint density at radius 1 is 1.04 bits per heavy atom. The minimum Gasteiger partial charge on any atom is -0.493 e. The molecule has 1 aliphatic rings. The third kappa shape index (κ3) is 3.65. The van der Waals surface area contributed by atoms with Gasteiger partial charge in [0.2, 0.25) is 0 Å². The lowest BCUT2D eigenvalue weighted by Crippen LogP contribution is -2.12. The molecule has 2 aromatic carbocycles. The van der Waals surface area contributed by atoms with E-state index in [4.69, 9.17) is 13.7 Å². The largest absolute Gasteiger partial charge is 0.493 e. The fourth-order valence-corrected chi connectivity index (χ4v) is 4.09. The highest BCUT2D eigenvalue weighted by atomic mass is 32.2. The van der Waals surface area contributed by atoms with Gasteiger partial charge in [-0.15, -0.1) is 0 Å². The highest BCUT2D eigenvalue weighted by Crippen LogP contribution is 2.40. The molecule has 5 nitrogen and oxygen atoms in total. The number of methoxy groups -OCH3 is 2. The summed E-state index contributed by atoms with van der Waals surface area (Å²) in [7, 11) is -0.557. The van der Waals surface area contributed by atoms with Crippen LogP contribution in [0.1, 0.15) is 29.0 Å². The molecule has 0 spiro atoms. The summed E-state index contributed by atoms with van der Waals surface area (Å²) in [5.41, 5.74) is 3.22. The van der Waals surface area contributed by atoms with Crippen LogP contribution in [0.4, 0.5) is 0 Å². The second kappa shape index (κ2) is 7.06. The van der Waals surface area contributed by atoms with Gasteiger partial charge in [0, 0.05) is 5.92 Å². The zero-order chi connectivity index (χ0) is 18.0. The van der Waals surface area contributed by atoms with Crippen molar-refractivity contribution in [1.82, 2.24) is 0 Å². The zero-order valence-corrected chi connectivity index (χ0v) is 15.4. The standard InChI is InChI=1S/C19H22O5S/c1-13-4-8-16(9-5-13)25(20,21)24-12-15-7-6-14-10-18(22-2)19(23-3)11-17(14)15/h4-5,8-11,15H,6-7,12H2,1-3H3. The van der Waals surface area contributed by atoms with Crippen molar-refractivity contribution in [3.05, 3.63) is 53.1 Å². The molecule has 1 aliphatic carbocycles. The summed E-state index contributed by atoms with van der Waals surface area (Å²) in [6, 6.07) is 10.6. The van der Waals surface area contributed by atoms with Crippen molar-refractivity contribution < 1.29 is 22.1 Å². The summed E-state index contributed by atoms with van der Waals surface area (Å²) in [6.07, 6.45) is 1.71. The minimum atomic E-state index is -3.75. The van der Waals surface area contributed by atoms with Gasteiger partial charge < -0.3 is 9.47 Å². The van der Waals surface area contributed by atoms with Gasteiger partial charge in [0.25, 0.3) is 10.1 Å². The lowest BCUT2D eigenvalue weighted by atomic mass is 10.0. The Morgan fingerprint density at radius 3 is 2.32 bits per heavy atom. The van der Waals surface area contributed by atoms with Crippen LogP contribution in [-0.2, 0) is 20.7 Å². The molecule has 0 aliphatic heterocycles. The third-order valence-electron chi connectivity index (χ3n) is 4.58. The summed E-state index contributed by atoms with van der Waals surface area (Å²) in [6.45, 7) is 2.03. The van der Waals surface area contributed by atoms with E-state index in [1.165, 1.54) is 0 Å². The molecule has 6 heteroatoms. The quantitative estimate of drug-likeness (QED) is 0.737. The van der Waals surface area contributed by atoms with Crippen LogP contribution in [0.25, 0.3) is 0 Å². The van der Waals surface area contributed by atoms with Gasteiger partial charge >= 0.3 is 0 Å². The van der Waals surface area contributed by atoms with E-state index in [0.717, 1.165) is 29.5 Å². The number of aryl methyl sites for hydroxylation is 2. The molecule has 134 valence electrons. The topological polar surface area (TPSA) is 61.8 Å². The lowest BCUT2D eigenvalue weighted by Gasteiger charge is -2.15. The molecule has 0 aromatic heterocycles. The Balaban J connectivity index is 1.77. The van der Waals surface area contributed by atoms with Gasteiger partial charge in [0.15, 0.2) is 11.5 Å². The molecular weight excluding hydrogens is 340 g/mol. The van der Waals surface area contributed by atoms with Crippen molar-refractivity contribution in [2.24, 2.45) is 0 Å². The van der Waals surface area contributed by atoms with Gasteiger partial charge in [-0.3, -0.25) is 4.18 Å². The molecular formula is C19H22O5S. The van der Waals surface area contributed by atoms with Crippen LogP contribution in [0.5, 0.6) is 11.5 Å². The number of hydrogen-bond acceptors (Lipinski definition) is 5. The Bertz CT molecular complexity index is 856. The monoisotopic (exact) mass is 362 g/mol. The molecule has 0 amide bonds. The first-order valence-corrected chi connectivity index (χ1v) is 9.56. The zero-order valence-electron chi connectivity index (χ0n) is 14.6. The van der Waals surface area contributed by atoms with Gasteiger partial charge in [0.1, 0.15) is 0 Å². The number of rotatable bonds is 6. The molecule has 3 rings (SSSR count). The van der Waals surface area contributed by atoms with Crippen molar-refractivity contribution >= 4 is 10.1 Å².